The molecule has 2 aliphatic rings. The molecular formula is C24H32N4O3. The van der Waals surface area contributed by atoms with Gasteiger partial charge in [0.2, 0.25) is 5.91 Å². The van der Waals surface area contributed by atoms with Crippen molar-refractivity contribution in [2.45, 2.75) is 18.9 Å². The number of methoxy groups -OCH3 is 2. The molecule has 0 spiro atoms. The summed E-state index contributed by atoms with van der Waals surface area (Å²) >= 11 is 0. The Kier molecular flexibility index (Phi) is 6.63. The van der Waals surface area contributed by atoms with Crippen LogP contribution >= 0.6 is 0 Å². The molecule has 1 N–H and O–H groups in total. The minimum absolute atomic E-state index is 0.108. The van der Waals surface area contributed by atoms with Crippen LogP contribution in [0.4, 0.5) is 5.69 Å². The van der Waals surface area contributed by atoms with E-state index in [0.717, 1.165) is 55.5 Å². The van der Waals surface area contributed by atoms with Crippen LogP contribution in [0.2, 0.25) is 0 Å². The zero-order valence-electron chi connectivity index (χ0n) is 18.6. The first-order valence-corrected chi connectivity index (χ1v) is 10.9. The average Bonchev–Trinajstić information content (AvgIpc) is 3.11. The minimum atomic E-state index is -0.108. The largest absolute Gasteiger partial charge is 0.493 e. The lowest BCUT2D eigenvalue weighted by atomic mass is 9.93. The predicted octanol–water partition coefficient (Wildman–Crippen LogP) is 2.34. The van der Waals surface area contributed by atoms with Crippen LogP contribution < -0.4 is 19.8 Å². The lowest BCUT2D eigenvalue weighted by molar-refractivity contribution is -0.130. The van der Waals surface area contributed by atoms with Crippen LogP contribution in [0.1, 0.15) is 18.4 Å². The number of benzene rings is 2. The van der Waals surface area contributed by atoms with Crippen LogP contribution in [-0.2, 0) is 4.79 Å². The molecular weight excluding hydrogens is 392 g/mol. The van der Waals surface area contributed by atoms with Crippen LogP contribution in [0.3, 0.4) is 0 Å². The van der Waals surface area contributed by atoms with E-state index in [2.05, 4.69) is 28.2 Å². The van der Waals surface area contributed by atoms with Gasteiger partial charge in [-0.15, -0.1) is 0 Å². The van der Waals surface area contributed by atoms with Crippen LogP contribution in [0.25, 0.3) is 0 Å². The summed E-state index contributed by atoms with van der Waals surface area (Å²) in [4.78, 5) is 17.7. The molecule has 7 heteroatoms. The third-order valence-electron chi connectivity index (χ3n) is 6.29. The molecule has 31 heavy (non-hydrogen) atoms. The van der Waals surface area contributed by atoms with Gasteiger partial charge in [-0.3, -0.25) is 14.7 Å². The maximum absolute atomic E-state index is 13.0. The topological polar surface area (TPSA) is 57.3 Å². The number of hydrogen-bond donors (Lipinski definition) is 1. The molecule has 0 bridgehead atoms. The Balaban J connectivity index is 1.29. The first kappa shape index (κ1) is 21.5. The number of anilines is 1. The SMILES string of the molecule is COc1ccc(N2CCN(CCN3NC(C)C(c4ccccc4)C3=O)CC2)cc1OC. The molecule has 2 aromatic carbocycles. The van der Waals surface area contributed by atoms with Crippen LogP contribution in [0.15, 0.2) is 48.5 Å². The van der Waals surface area contributed by atoms with Crippen molar-refractivity contribution in [3.8, 4) is 11.5 Å². The number of carbonyl (C=O) groups excluding carboxylic acids is 1. The molecule has 0 aliphatic carbocycles. The molecule has 0 aromatic heterocycles. The van der Waals surface area contributed by atoms with Gasteiger partial charge in [0.25, 0.3) is 0 Å². The van der Waals surface area contributed by atoms with Crippen LogP contribution in [0, 0.1) is 0 Å². The highest BCUT2D eigenvalue weighted by atomic mass is 16.5. The van der Waals surface area contributed by atoms with Gasteiger partial charge >= 0.3 is 0 Å². The Labute approximate surface area is 184 Å². The number of amides is 1. The Hall–Kier alpha value is -2.77. The maximum atomic E-state index is 13.0. The van der Waals surface area contributed by atoms with E-state index < -0.39 is 0 Å². The summed E-state index contributed by atoms with van der Waals surface area (Å²) in [5, 5.41) is 1.81. The third kappa shape index (κ3) is 4.62. The quantitative estimate of drug-likeness (QED) is 0.736. The number of rotatable bonds is 7. The highest BCUT2D eigenvalue weighted by Crippen LogP contribution is 2.32. The number of ether oxygens (including phenoxy) is 2. The first-order valence-electron chi connectivity index (χ1n) is 10.9. The van der Waals surface area contributed by atoms with Gasteiger partial charge in [0.05, 0.1) is 26.7 Å². The summed E-state index contributed by atoms with van der Waals surface area (Å²) in [7, 11) is 3.32. The molecule has 2 fully saturated rings. The molecule has 0 saturated carbocycles. The fourth-order valence-corrected chi connectivity index (χ4v) is 4.52. The standard InChI is InChI=1S/C24H32N4O3/c1-18-23(19-7-5-4-6-8-19)24(29)28(25-18)16-13-26-11-14-27(15-12-26)20-9-10-21(30-2)22(17-20)31-3/h4-10,17-18,23,25H,11-16H2,1-3H3. The molecule has 4 rings (SSSR count). The number of nitrogens with one attached hydrogen (secondary N) is 1. The van der Waals surface area contributed by atoms with Crippen molar-refractivity contribution in [2.24, 2.45) is 0 Å². The monoisotopic (exact) mass is 424 g/mol. The van der Waals surface area contributed by atoms with Crippen molar-refractivity contribution in [1.82, 2.24) is 15.3 Å². The molecule has 166 valence electrons. The number of carbonyl (C=O) groups is 1. The lowest BCUT2D eigenvalue weighted by Crippen LogP contribution is -2.49. The molecule has 7 nitrogen and oxygen atoms in total. The van der Waals surface area contributed by atoms with Crippen molar-refractivity contribution < 1.29 is 14.3 Å². The van der Waals surface area contributed by atoms with Gasteiger partial charge in [0.1, 0.15) is 0 Å². The third-order valence-corrected chi connectivity index (χ3v) is 6.29. The van der Waals surface area contributed by atoms with Gasteiger partial charge in [-0.1, -0.05) is 30.3 Å². The van der Waals surface area contributed by atoms with E-state index in [0.29, 0.717) is 6.54 Å². The van der Waals surface area contributed by atoms with Gasteiger partial charge < -0.3 is 14.4 Å². The van der Waals surface area contributed by atoms with Gasteiger partial charge in [0, 0.05) is 50.5 Å². The second kappa shape index (κ2) is 9.58. The van der Waals surface area contributed by atoms with Crippen LogP contribution in [0.5, 0.6) is 11.5 Å². The Morgan fingerprint density at radius 2 is 1.65 bits per heavy atom. The molecule has 1 amide bonds. The Morgan fingerprint density at radius 3 is 2.32 bits per heavy atom. The summed E-state index contributed by atoms with van der Waals surface area (Å²) in [5.74, 6) is 1.56. The second-order valence-corrected chi connectivity index (χ2v) is 8.16. The predicted molar refractivity (Wildman–Crippen MR) is 122 cm³/mol. The summed E-state index contributed by atoms with van der Waals surface area (Å²) < 4.78 is 10.8. The molecule has 2 atom stereocenters. The van der Waals surface area contributed by atoms with Gasteiger partial charge in [-0.2, -0.15) is 0 Å². The summed E-state index contributed by atoms with van der Waals surface area (Å²) in [6.07, 6.45) is 0. The minimum Gasteiger partial charge on any atom is -0.493 e. The van der Waals surface area contributed by atoms with Crippen molar-refractivity contribution in [3.63, 3.8) is 0 Å². The van der Waals surface area contributed by atoms with E-state index in [1.165, 1.54) is 0 Å². The molecule has 2 heterocycles. The van der Waals surface area contributed by atoms with E-state index in [-0.39, 0.29) is 17.9 Å². The van der Waals surface area contributed by atoms with E-state index in [1.54, 1.807) is 14.2 Å². The summed E-state index contributed by atoms with van der Waals surface area (Å²) in [6, 6.07) is 16.2. The van der Waals surface area contributed by atoms with Gasteiger partial charge in [-0.25, -0.2) is 5.43 Å². The molecule has 2 saturated heterocycles. The van der Waals surface area contributed by atoms with Crippen molar-refractivity contribution in [2.75, 3.05) is 58.4 Å². The maximum Gasteiger partial charge on any atom is 0.245 e. The van der Waals surface area contributed by atoms with Crippen molar-refractivity contribution >= 4 is 11.6 Å². The molecule has 2 aromatic rings. The fourth-order valence-electron chi connectivity index (χ4n) is 4.52. The highest BCUT2D eigenvalue weighted by molar-refractivity contribution is 5.86. The van der Waals surface area contributed by atoms with E-state index in [9.17, 15) is 4.79 Å². The normalized spacial score (nSPS) is 22.1. The summed E-state index contributed by atoms with van der Waals surface area (Å²) in [6.45, 7) is 7.47. The Morgan fingerprint density at radius 1 is 0.935 bits per heavy atom. The molecule has 2 unspecified atom stereocenters. The van der Waals surface area contributed by atoms with Crippen molar-refractivity contribution in [1.29, 1.82) is 0 Å². The number of nitrogens with zero attached hydrogens (tertiary/aromatic N) is 3. The second-order valence-electron chi connectivity index (χ2n) is 8.16. The first-order chi connectivity index (χ1) is 15.1. The number of piperazine rings is 1. The van der Waals surface area contributed by atoms with Gasteiger partial charge in [-0.05, 0) is 24.6 Å². The number of hydrazine groups is 1. The molecule has 0 radical (unpaired) electrons. The zero-order chi connectivity index (χ0) is 21.8. The fraction of sp³-hybridized carbons (Fsp3) is 0.458. The highest BCUT2D eigenvalue weighted by Gasteiger charge is 2.38. The van der Waals surface area contributed by atoms with E-state index in [1.807, 2.05) is 47.5 Å². The van der Waals surface area contributed by atoms with E-state index in [4.69, 9.17) is 9.47 Å². The van der Waals surface area contributed by atoms with E-state index >= 15 is 0 Å². The average molecular weight is 425 g/mol. The van der Waals surface area contributed by atoms with Crippen molar-refractivity contribution in [3.05, 3.63) is 54.1 Å². The smallest absolute Gasteiger partial charge is 0.245 e. The lowest BCUT2D eigenvalue weighted by Gasteiger charge is -2.36. The van der Waals surface area contributed by atoms with Crippen LogP contribution in [-0.4, -0.2) is 75.3 Å². The van der Waals surface area contributed by atoms with Gasteiger partial charge in [0.15, 0.2) is 11.5 Å². The Bertz CT molecular complexity index is 884. The summed E-state index contributed by atoms with van der Waals surface area (Å²) in [5.41, 5.74) is 5.60. The number of hydrogen-bond acceptors (Lipinski definition) is 6. The molecule has 2 aliphatic heterocycles. The zero-order valence-corrected chi connectivity index (χ0v) is 18.6.